The summed E-state index contributed by atoms with van der Waals surface area (Å²) in [4.78, 5) is 2.19. The van der Waals surface area contributed by atoms with Gasteiger partial charge in [-0.25, -0.2) is 0 Å². The van der Waals surface area contributed by atoms with E-state index in [0.717, 1.165) is 24.9 Å². The lowest BCUT2D eigenvalue weighted by Crippen LogP contribution is -2.35. The first-order valence-corrected chi connectivity index (χ1v) is 9.69. The van der Waals surface area contributed by atoms with Crippen LogP contribution in [0.3, 0.4) is 0 Å². The Balaban J connectivity index is 1.73. The van der Waals surface area contributed by atoms with Gasteiger partial charge < -0.3 is 5.11 Å². The summed E-state index contributed by atoms with van der Waals surface area (Å²) >= 11 is 0. The van der Waals surface area contributed by atoms with Crippen LogP contribution in [0.15, 0.2) is 60.7 Å². The highest BCUT2D eigenvalue weighted by molar-refractivity contribution is 5.33. The molecular weight excluding hydrogens is 318 g/mol. The molecule has 136 valence electrons. The van der Waals surface area contributed by atoms with Crippen LogP contribution in [0.25, 0.3) is 0 Å². The number of benzene rings is 2. The van der Waals surface area contributed by atoms with Crippen molar-refractivity contribution in [1.82, 2.24) is 4.90 Å². The molecule has 1 N–H and O–H groups in total. The van der Waals surface area contributed by atoms with E-state index >= 15 is 0 Å². The molecular formula is C24H29NO. The van der Waals surface area contributed by atoms with Gasteiger partial charge >= 0.3 is 0 Å². The molecule has 1 aliphatic carbocycles. The fraction of sp³-hybridized carbons (Fsp3) is 0.417. The molecule has 0 heterocycles. The number of aliphatic hydroxyl groups is 1. The highest BCUT2D eigenvalue weighted by atomic mass is 16.3. The molecule has 3 rings (SSSR count). The first-order valence-electron chi connectivity index (χ1n) is 9.69. The van der Waals surface area contributed by atoms with E-state index in [2.05, 4.69) is 48.1 Å². The van der Waals surface area contributed by atoms with Crippen molar-refractivity contribution in [3.8, 4) is 11.8 Å². The molecule has 0 bridgehead atoms. The van der Waals surface area contributed by atoms with E-state index < -0.39 is 5.60 Å². The largest absolute Gasteiger partial charge is 0.373 e. The molecule has 2 heteroatoms. The van der Waals surface area contributed by atoms with Crippen LogP contribution < -0.4 is 0 Å². The first-order chi connectivity index (χ1) is 12.7. The van der Waals surface area contributed by atoms with Gasteiger partial charge in [-0.2, -0.15) is 0 Å². The summed E-state index contributed by atoms with van der Waals surface area (Å²) in [5, 5.41) is 11.5. The van der Waals surface area contributed by atoms with Crippen molar-refractivity contribution < 1.29 is 5.11 Å². The molecule has 0 amide bonds. The highest BCUT2D eigenvalue weighted by Gasteiger charge is 2.37. The average Bonchev–Trinajstić information content (AvgIpc) is 2.70. The van der Waals surface area contributed by atoms with Crippen LogP contribution in [0.1, 0.15) is 43.2 Å². The quantitative estimate of drug-likeness (QED) is 0.800. The fourth-order valence-corrected chi connectivity index (χ4v) is 3.88. The normalized spacial score (nSPS) is 17.3. The molecule has 26 heavy (non-hydrogen) atoms. The van der Waals surface area contributed by atoms with Gasteiger partial charge in [0.2, 0.25) is 0 Å². The third-order valence-corrected chi connectivity index (χ3v) is 5.33. The van der Waals surface area contributed by atoms with Crippen molar-refractivity contribution in [3.05, 3.63) is 71.8 Å². The average molecular weight is 348 g/mol. The second-order valence-electron chi connectivity index (χ2n) is 7.43. The Morgan fingerprint density at radius 2 is 1.58 bits per heavy atom. The van der Waals surface area contributed by atoms with E-state index in [1.54, 1.807) is 0 Å². The summed E-state index contributed by atoms with van der Waals surface area (Å²) < 4.78 is 0. The summed E-state index contributed by atoms with van der Waals surface area (Å²) in [7, 11) is 2.07. The zero-order valence-electron chi connectivity index (χ0n) is 15.7. The zero-order valence-corrected chi connectivity index (χ0v) is 15.7. The number of nitrogens with zero attached hydrogens (tertiary/aromatic N) is 1. The van der Waals surface area contributed by atoms with Crippen LogP contribution >= 0.6 is 0 Å². The van der Waals surface area contributed by atoms with Crippen LogP contribution in [0, 0.1) is 17.8 Å². The maximum absolute atomic E-state index is 11.5. The third kappa shape index (κ3) is 4.75. The number of hydrogen-bond acceptors (Lipinski definition) is 2. The summed E-state index contributed by atoms with van der Waals surface area (Å²) in [5.41, 5.74) is 1.18. The molecule has 1 saturated carbocycles. The minimum atomic E-state index is -1.03. The van der Waals surface area contributed by atoms with Crippen molar-refractivity contribution in [2.75, 3.05) is 13.6 Å². The molecule has 1 atom stereocenters. The third-order valence-electron chi connectivity index (χ3n) is 5.33. The molecule has 0 radical (unpaired) electrons. The van der Waals surface area contributed by atoms with Crippen LogP contribution in [0.2, 0.25) is 0 Å². The molecule has 0 spiro atoms. The lowest BCUT2D eigenvalue weighted by Gasteiger charge is -2.35. The van der Waals surface area contributed by atoms with Gasteiger partial charge in [-0.1, -0.05) is 91.8 Å². The van der Waals surface area contributed by atoms with E-state index in [9.17, 15) is 5.11 Å². The predicted octanol–water partition coefficient (Wildman–Crippen LogP) is 4.59. The van der Waals surface area contributed by atoms with Crippen molar-refractivity contribution in [1.29, 1.82) is 0 Å². The van der Waals surface area contributed by atoms with Crippen LogP contribution in [0.5, 0.6) is 0 Å². The van der Waals surface area contributed by atoms with Gasteiger partial charge in [0, 0.05) is 12.5 Å². The van der Waals surface area contributed by atoms with Gasteiger partial charge in [-0.3, -0.25) is 4.90 Å². The van der Waals surface area contributed by atoms with E-state index in [1.165, 1.54) is 24.8 Å². The Kier molecular flexibility index (Phi) is 6.50. The Hall–Kier alpha value is -2.08. The molecule has 2 aromatic rings. The Morgan fingerprint density at radius 3 is 2.23 bits per heavy atom. The summed E-state index contributed by atoms with van der Waals surface area (Å²) in [5.74, 6) is 6.76. The lowest BCUT2D eigenvalue weighted by molar-refractivity contribution is 0.0158. The zero-order chi connectivity index (χ0) is 18.2. The Labute approximate surface area is 157 Å². The molecule has 0 aromatic heterocycles. The Morgan fingerprint density at radius 1 is 0.962 bits per heavy atom. The topological polar surface area (TPSA) is 23.5 Å². The van der Waals surface area contributed by atoms with Crippen LogP contribution in [0.4, 0.5) is 0 Å². The van der Waals surface area contributed by atoms with Crippen molar-refractivity contribution in [2.45, 2.75) is 44.2 Å². The first kappa shape index (κ1) is 18.7. The van der Waals surface area contributed by atoms with Gasteiger partial charge in [0.15, 0.2) is 5.60 Å². The SMILES string of the molecule is CN(CC#CC(O)(c1ccccc1)C1CCCCC1)Cc1ccccc1. The molecule has 1 aliphatic rings. The molecule has 0 saturated heterocycles. The van der Waals surface area contributed by atoms with Gasteiger partial charge in [0.05, 0.1) is 6.54 Å². The monoisotopic (exact) mass is 347 g/mol. The van der Waals surface area contributed by atoms with Gasteiger partial charge in [-0.15, -0.1) is 0 Å². The fourth-order valence-electron chi connectivity index (χ4n) is 3.88. The lowest BCUT2D eigenvalue weighted by atomic mass is 9.73. The molecule has 0 aliphatic heterocycles. The van der Waals surface area contributed by atoms with Gasteiger partial charge in [-0.05, 0) is 31.0 Å². The predicted molar refractivity (Wildman–Crippen MR) is 107 cm³/mol. The number of rotatable bonds is 5. The van der Waals surface area contributed by atoms with Crippen molar-refractivity contribution in [2.24, 2.45) is 5.92 Å². The van der Waals surface area contributed by atoms with E-state index in [-0.39, 0.29) is 5.92 Å². The molecule has 2 nitrogen and oxygen atoms in total. The molecule has 2 aromatic carbocycles. The highest BCUT2D eigenvalue weighted by Crippen LogP contribution is 2.38. The van der Waals surface area contributed by atoms with Crippen LogP contribution in [-0.2, 0) is 12.1 Å². The molecule has 1 fully saturated rings. The van der Waals surface area contributed by atoms with Crippen molar-refractivity contribution in [3.63, 3.8) is 0 Å². The summed E-state index contributed by atoms with van der Waals surface area (Å²) in [6, 6.07) is 20.4. The Bertz CT molecular complexity index is 725. The smallest absolute Gasteiger partial charge is 0.153 e. The van der Waals surface area contributed by atoms with Crippen molar-refractivity contribution >= 4 is 0 Å². The second-order valence-corrected chi connectivity index (χ2v) is 7.43. The van der Waals surface area contributed by atoms with Gasteiger partial charge in [0.1, 0.15) is 0 Å². The van der Waals surface area contributed by atoms with E-state index in [1.807, 2.05) is 36.4 Å². The van der Waals surface area contributed by atoms with Crippen LogP contribution in [-0.4, -0.2) is 23.6 Å². The minimum absolute atomic E-state index is 0.227. The standard InChI is InChI=1S/C24H29NO/c1-25(20-21-12-5-2-6-13-21)19-11-18-24(26,22-14-7-3-8-15-22)23-16-9-4-10-17-23/h2-3,5-8,12-15,23,26H,4,9-10,16-17,19-20H2,1H3. The maximum Gasteiger partial charge on any atom is 0.153 e. The summed E-state index contributed by atoms with van der Waals surface area (Å²) in [6.45, 7) is 1.51. The van der Waals surface area contributed by atoms with E-state index in [4.69, 9.17) is 0 Å². The minimum Gasteiger partial charge on any atom is -0.373 e. The molecule has 1 unspecified atom stereocenters. The van der Waals surface area contributed by atoms with Gasteiger partial charge in [0.25, 0.3) is 0 Å². The number of hydrogen-bond donors (Lipinski definition) is 1. The maximum atomic E-state index is 11.5. The second kappa shape index (κ2) is 9.03. The summed E-state index contributed by atoms with van der Waals surface area (Å²) in [6.07, 6.45) is 5.76. The van der Waals surface area contributed by atoms with E-state index in [0.29, 0.717) is 6.54 Å².